The first-order valence-electron chi connectivity index (χ1n) is 6.72. The zero-order valence-corrected chi connectivity index (χ0v) is 13.3. The molecule has 0 atom stereocenters. The van der Waals surface area contributed by atoms with E-state index in [0.29, 0.717) is 22.8 Å². The van der Waals surface area contributed by atoms with Crippen molar-refractivity contribution in [1.82, 2.24) is 9.97 Å². The van der Waals surface area contributed by atoms with Crippen molar-refractivity contribution in [3.63, 3.8) is 0 Å². The quantitative estimate of drug-likeness (QED) is 0.329. The minimum Gasteiger partial charge on any atom is -0.508 e. The van der Waals surface area contributed by atoms with Crippen LogP contribution in [-0.4, -0.2) is 31.4 Å². The van der Waals surface area contributed by atoms with Gasteiger partial charge in [0.25, 0.3) is 5.56 Å². The molecule has 1 heterocycles. The number of nitro benzene ring substituents is 1. The predicted octanol–water partition coefficient (Wildman–Crippen LogP) is 1.96. The van der Waals surface area contributed by atoms with Gasteiger partial charge in [0.05, 0.1) is 10.6 Å². The average Bonchev–Trinajstić information content (AvgIpc) is 2.50. The number of phenols is 2. The van der Waals surface area contributed by atoms with Gasteiger partial charge in [-0.2, -0.15) is 0 Å². The highest BCUT2D eigenvalue weighted by Crippen LogP contribution is 2.34. The Bertz CT molecular complexity index is 819. The topological polar surface area (TPSA) is 129 Å². The van der Waals surface area contributed by atoms with E-state index in [1.54, 1.807) is 6.26 Å². The van der Waals surface area contributed by atoms with Gasteiger partial charge in [0.15, 0.2) is 10.9 Å². The van der Waals surface area contributed by atoms with Gasteiger partial charge in [-0.3, -0.25) is 14.9 Å². The SMILES string of the molecule is CCc1nc(SC)[nH]c(=O)c1Cc1cc([N+](=O)[O-])c(O)cc1O. The van der Waals surface area contributed by atoms with Crippen LogP contribution < -0.4 is 5.56 Å². The summed E-state index contributed by atoms with van der Waals surface area (Å²) in [6, 6.07) is 1.96. The van der Waals surface area contributed by atoms with Gasteiger partial charge in [-0.25, -0.2) is 4.98 Å². The minimum absolute atomic E-state index is 0.0207. The molecule has 9 heteroatoms. The van der Waals surface area contributed by atoms with Crippen molar-refractivity contribution >= 4 is 17.4 Å². The maximum absolute atomic E-state index is 12.2. The lowest BCUT2D eigenvalue weighted by molar-refractivity contribution is -0.385. The van der Waals surface area contributed by atoms with Crippen LogP contribution in [0.2, 0.25) is 0 Å². The van der Waals surface area contributed by atoms with Gasteiger partial charge in [-0.05, 0) is 12.7 Å². The molecule has 0 amide bonds. The minimum atomic E-state index is -0.752. The largest absolute Gasteiger partial charge is 0.508 e. The summed E-state index contributed by atoms with van der Waals surface area (Å²) in [7, 11) is 0. The fraction of sp³-hybridized carbons (Fsp3) is 0.286. The molecular weight excluding hydrogens is 322 g/mol. The van der Waals surface area contributed by atoms with Gasteiger partial charge in [0.1, 0.15) is 5.75 Å². The lowest BCUT2D eigenvalue weighted by Gasteiger charge is -2.09. The first kappa shape index (κ1) is 16.8. The van der Waals surface area contributed by atoms with Gasteiger partial charge >= 0.3 is 5.69 Å². The first-order valence-corrected chi connectivity index (χ1v) is 7.95. The summed E-state index contributed by atoms with van der Waals surface area (Å²) >= 11 is 1.30. The Morgan fingerprint density at radius 1 is 1.35 bits per heavy atom. The fourth-order valence-electron chi connectivity index (χ4n) is 2.18. The highest BCUT2D eigenvalue weighted by atomic mass is 32.2. The number of aryl methyl sites for hydroxylation is 1. The van der Waals surface area contributed by atoms with Crippen LogP contribution in [0.3, 0.4) is 0 Å². The molecule has 0 aliphatic heterocycles. The number of aromatic nitrogens is 2. The summed E-state index contributed by atoms with van der Waals surface area (Å²) < 4.78 is 0. The van der Waals surface area contributed by atoms with Crippen LogP contribution in [0.15, 0.2) is 22.1 Å². The van der Waals surface area contributed by atoms with E-state index in [-0.39, 0.29) is 23.3 Å². The molecule has 3 N–H and O–H groups in total. The van der Waals surface area contributed by atoms with Crippen molar-refractivity contribution in [1.29, 1.82) is 0 Å². The summed E-state index contributed by atoms with van der Waals surface area (Å²) in [5.41, 5.74) is 0.194. The van der Waals surface area contributed by atoms with Crippen molar-refractivity contribution in [3.05, 3.63) is 49.4 Å². The van der Waals surface area contributed by atoms with Crippen LogP contribution in [0, 0.1) is 10.1 Å². The Morgan fingerprint density at radius 3 is 2.61 bits per heavy atom. The number of hydrogen-bond donors (Lipinski definition) is 3. The number of aromatic hydroxyl groups is 2. The van der Waals surface area contributed by atoms with E-state index in [9.17, 15) is 25.1 Å². The van der Waals surface area contributed by atoms with Crippen molar-refractivity contribution in [2.75, 3.05) is 6.26 Å². The molecule has 0 bridgehead atoms. The number of thioether (sulfide) groups is 1. The van der Waals surface area contributed by atoms with Crippen LogP contribution in [0.5, 0.6) is 11.5 Å². The summed E-state index contributed by atoms with van der Waals surface area (Å²) in [6.45, 7) is 1.84. The molecule has 2 rings (SSSR count). The third kappa shape index (κ3) is 3.45. The van der Waals surface area contributed by atoms with Crippen molar-refractivity contribution in [2.24, 2.45) is 0 Å². The van der Waals surface area contributed by atoms with E-state index in [2.05, 4.69) is 9.97 Å². The number of nitro groups is 1. The summed E-state index contributed by atoms with van der Waals surface area (Å²) in [4.78, 5) is 29.3. The van der Waals surface area contributed by atoms with E-state index in [1.165, 1.54) is 11.8 Å². The second-order valence-corrected chi connectivity index (χ2v) is 5.55. The highest BCUT2D eigenvalue weighted by Gasteiger charge is 2.20. The van der Waals surface area contributed by atoms with E-state index in [1.807, 2.05) is 6.92 Å². The number of rotatable bonds is 5. The number of phenolic OH excluding ortho intramolecular Hbond substituents is 2. The molecule has 0 radical (unpaired) electrons. The Balaban J connectivity index is 2.53. The number of aromatic amines is 1. The molecule has 2 aromatic rings. The number of nitrogens with one attached hydrogen (secondary N) is 1. The van der Waals surface area contributed by atoms with Crippen LogP contribution in [0.25, 0.3) is 0 Å². The second-order valence-electron chi connectivity index (χ2n) is 4.76. The van der Waals surface area contributed by atoms with Crippen molar-refractivity contribution in [2.45, 2.75) is 24.9 Å². The Morgan fingerprint density at radius 2 is 2.04 bits per heavy atom. The van der Waals surface area contributed by atoms with E-state index in [4.69, 9.17) is 0 Å². The Labute approximate surface area is 135 Å². The third-order valence-corrected chi connectivity index (χ3v) is 3.93. The van der Waals surface area contributed by atoms with Crippen LogP contribution in [-0.2, 0) is 12.8 Å². The lowest BCUT2D eigenvalue weighted by Crippen LogP contribution is -2.19. The summed E-state index contributed by atoms with van der Waals surface area (Å²) in [5.74, 6) is -0.944. The number of hydrogen-bond acceptors (Lipinski definition) is 7. The zero-order chi connectivity index (χ0) is 17.1. The molecule has 8 nitrogen and oxygen atoms in total. The van der Waals surface area contributed by atoms with Gasteiger partial charge < -0.3 is 15.2 Å². The molecule has 0 unspecified atom stereocenters. The highest BCUT2D eigenvalue weighted by molar-refractivity contribution is 7.98. The maximum Gasteiger partial charge on any atom is 0.311 e. The standard InChI is InChI=1S/C14H15N3O5S/c1-3-9-8(13(20)16-14(15-9)23-2)4-7-5-10(17(21)22)12(19)6-11(7)18/h5-6,18-19H,3-4H2,1-2H3,(H,15,16,20). The molecule has 0 saturated heterocycles. The van der Waals surface area contributed by atoms with Crippen LogP contribution >= 0.6 is 11.8 Å². The molecule has 0 aliphatic rings. The van der Waals surface area contributed by atoms with Crippen molar-refractivity contribution < 1.29 is 15.1 Å². The first-order chi connectivity index (χ1) is 10.9. The monoisotopic (exact) mass is 337 g/mol. The molecule has 0 saturated carbocycles. The third-order valence-electron chi connectivity index (χ3n) is 3.35. The Hall–Kier alpha value is -2.55. The molecule has 0 spiro atoms. The number of benzene rings is 1. The zero-order valence-electron chi connectivity index (χ0n) is 12.5. The molecule has 122 valence electrons. The number of nitrogens with zero attached hydrogens (tertiary/aromatic N) is 2. The van der Waals surface area contributed by atoms with Gasteiger partial charge in [-0.15, -0.1) is 0 Å². The number of H-pyrrole nitrogens is 1. The average molecular weight is 337 g/mol. The van der Waals surface area contributed by atoms with E-state index >= 15 is 0 Å². The molecular formula is C14H15N3O5S. The van der Waals surface area contributed by atoms with Crippen LogP contribution in [0.1, 0.15) is 23.7 Å². The molecule has 1 aromatic heterocycles. The molecule has 23 heavy (non-hydrogen) atoms. The summed E-state index contributed by atoms with van der Waals surface area (Å²) in [6.07, 6.45) is 2.27. The smallest absolute Gasteiger partial charge is 0.311 e. The summed E-state index contributed by atoms with van der Waals surface area (Å²) in [5, 5.41) is 30.8. The maximum atomic E-state index is 12.2. The lowest BCUT2D eigenvalue weighted by atomic mass is 10.0. The van der Waals surface area contributed by atoms with Gasteiger partial charge in [0, 0.05) is 29.7 Å². The van der Waals surface area contributed by atoms with Crippen molar-refractivity contribution in [3.8, 4) is 11.5 Å². The fourth-order valence-corrected chi connectivity index (χ4v) is 2.58. The van der Waals surface area contributed by atoms with Gasteiger partial charge in [-0.1, -0.05) is 18.7 Å². The molecule has 0 fully saturated rings. The van der Waals surface area contributed by atoms with Crippen LogP contribution in [0.4, 0.5) is 5.69 Å². The second kappa shape index (κ2) is 6.69. The van der Waals surface area contributed by atoms with Gasteiger partial charge in [0.2, 0.25) is 0 Å². The predicted molar refractivity (Wildman–Crippen MR) is 85.2 cm³/mol. The Kier molecular flexibility index (Phi) is 4.89. The molecule has 0 aliphatic carbocycles. The van der Waals surface area contributed by atoms with E-state index in [0.717, 1.165) is 12.1 Å². The van der Waals surface area contributed by atoms with E-state index < -0.39 is 16.4 Å². The molecule has 1 aromatic carbocycles. The normalized spacial score (nSPS) is 10.7.